The molecule has 0 amide bonds. The maximum atomic E-state index is 12.5. The SMILES string of the molecule is CCCCN(CCO)S(=O)(=O)c1cc(N)ccc1Cl. The summed E-state index contributed by atoms with van der Waals surface area (Å²) in [5, 5.41) is 9.14. The Morgan fingerprint density at radius 1 is 1.37 bits per heavy atom. The monoisotopic (exact) mass is 306 g/mol. The fourth-order valence-corrected chi connectivity index (χ4v) is 3.63. The number of hydrogen-bond donors (Lipinski definition) is 2. The molecule has 7 heteroatoms. The minimum absolute atomic E-state index is 0.0151. The van der Waals surface area contributed by atoms with Gasteiger partial charge in [0, 0.05) is 18.8 Å². The van der Waals surface area contributed by atoms with Crippen LogP contribution in [0.1, 0.15) is 19.8 Å². The van der Waals surface area contributed by atoms with Gasteiger partial charge < -0.3 is 10.8 Å². The molecule has 3 N–H and O–H groups in total. The maximum Gasteiger partial charge on any atom is 0.244 e. The van der Waals surface area contributed by atoms with E-state index in [0.717, 1.165) is 12.8 Å². The summed E-state index contributed by atoms with van der Waals surface area (Å²) < 4.78 is 26.2. The Hall–Kier alpha value is -0.820. The van der Waals surface area contributed by atoms with Gasteiger partial charge in [0.25, 0.3) is 0 Å². The number of anilines is 1. The molecule has 0 aliphatic heterocycles. The van der Waals surface area contributed by atoms with Crippen molar-refractivity contribution in [1.29, 1.82) is 0 Å². The number of rotatable bonds is 7. The van der Waals surface area contributed by atoms with Crippen molar-refractivity contribution in [2.24, 2.45) is 0 Å². The average molecular weight is 307 g/mol. The number of sulfonamides is 1. The Balaban J connectivity index is 3.14. The van der Waals surface area contributed by atoms with E-state index in [2.05, 4.69) is 0 Å². The third-order valence-corrected chi connectivity index (χ3v) is 5.06. The van der Waals surface area contributed by atoms with Crippen molar-refractivity contribution in [3.8, 4) is 0 Å². The average Bonchev–Trinajstić information content (AvgIpc) is 2.37. The summed E-state index contributed by atoms with van der Waals surface area (Å²) in [4.78, 5) is -0.0151. The highest BCUT2D eigenvalue weighted by atomic mass is 35.5. The molecular weight excluding hydrogens is 288 g/mol. The zero-order valence-electron chi connectivity index (χ0n) is 10.8. The Kier molecular flexibility index (Phi) is 6.06. The number of hydrogen-bond acceptors (Lipinski definition) is 4. The summed E-state index contributed by atoms with van der Waals surface area (Å²) in [7, 11) is -3.73. The number of nitrogen functional groups attached to an aromatic ring is 1. The fraction of sp³-hybridized carbons (Fsp3) is 0.500. The number of aliphatic hydroxyl groups excluding tert-OH is 1. The molecule has 0 spiro atoms. The van der Waals surface area contributed by atoms with E-state index in [-0.39, 0.29) is 23.1 Å². The molecule has 0 atom stereocenters. The zero-order valence-corrected chi connectivity index (χ0v) is 12.4. The number of benzene rings is 1. The molecule has 0 bridgehead atoms. The van der Waals surface area contributed by atoms with Crippen molar-refractivity contribution in [1.82, 2.24) is 4.31 Å². The van der Waals surface area contributed by atoms with E-state index in [1.807, 2.05) is 6.92 Å². The van der Waals surface area contributed by atoms with Gasteiger partial charge in [-0.3, -0.25) is 0 Å². The molecule has 108 valence electrons. The van der Waals surface area contributed by atoms with Gasteiger partial charge in [-0.25, -0.2) is 8.42 Å². The molecule has 5 nitrogen and oxygen atoms in total. The zero-order chi connectivity index (χ0) is 14.5. The largest absolute Gasteiger partial charge is 0.399 e. The number of nitrogens with zero attached hydrogens (tertiary/aromatic N) is 1. The fourth-order valence-electron chi connectivity index (χ4n) is 1.65. The third kappa shape index (κ3) is 4.07. The second-order valence-corrected chi connectivity index (χ2v) is 6.48. The van der Waals surface area contributed by atoms with Crippen LogP contribution in [0.25, 0.3) is 0 Å². The molecule has 0 saturated carbocycles. The topological polar surface area (TPSA) is 83.6 Å². The van der Waals surface area contributed by atoms with E-state index in [0.29, 0.717) is 12.2 Å². The molecule has 1 aromatic carbocycles. The van der Waals surface area contributed by atoms with Gasteiger partial charge in [-0.05, 0) is 24.6 Å². The lowest BCUT2D eigenvalue weighted by atomic mass is 10.3. The quantitative estimate of drug-likeness (QED) is 0.751. The van der Waals surface area contributed by atoms with E-state index in [1.165, 1.54) is 16.4 Å². The van der Waals surface area contributed by atoms with Crippen molar-refractivity contribution in [3.05, 3.63) is 23.2 Å². The Labute approximate surface area is 119 Å². The van der Waals surface area contributed by atoms with Crippen LogP contribution in [0.4, 0.5) is 5.69 Å². The second-order valence-electron chi connectivity index (χ2n) is 4.17. The van der Waals surface area contributed by atoms with Crippen LogP contribution >= 0.6 is 11.6 Å². The lowest BCUT2D eigenvalue weighted by molar-refractivity contribution is 0.252. The molecular formula is C12H19ClN2O3S. The van der Waals surface area contributed by atoms with Crippen LogP contribution in [-0.2, 0) is 10.0 Å². The normalized spacial score (nSPS) is 12.0. The van der Waals surface area contributed by atoms with Crippen LogP contribution in [0.2, 0.25) is 5.02 Å². The standard InChI is InChI=1S/C12H19ClN2O3S/c1-2-3-6-15(7-8-16)19(17,18)12-9-10(14)4-5-11(12)13/h4-5,9,16H,2-3,6-8,14H2,1H3. The van der Waals surface area contributed by atoms with Crippen LogP contribution in [-0.4, -0.2) is 37.5 Å². The van der Waals surface area contributed by atoms with E-state index in [1.54, 1.807) is 6.07 Å². The van der Waals surface area contributed by atoms with E-state index in [9.17, 15) is 8.42 Å². The summed E-state index contributed by atoms with van der Waals surface area (Å²) >= 11 is 5.94. The van der Waals surface area contributed by atoms with Crippen LogP contribution in [0.3, 0.4) is 0 Å². The number of unbranched alkanes of at least 4 members (excludes halogenated alkanes) is 1. The maximum absolute atomic E-state index is 12.5. The Morgan fingerprint density at radius 3 is 2.63 bits per heavy atom. The molecule has 0 radical (unpaired) electrons. The van der Waals surface area contributed by atoms with Gasteiger partial charge >= 0.3 is 0 Å². The Morgan fingerprint density at radius 2 is 2.05 bits per heavy atom. The van der Waals surface area contributed by atoms with Crippen molar-refractivity contribution in [2.45, 2.75) is 24.7 Å². The van der Waals surface area contributed by atoms with Crippen molar-refractivity contribution in [2.75, 3.05) is 25.4 Å². The molecule has 0 unspecified atom stereocenters. The molecule has 19 heavy (non-hydrogen) atoms. The first kappa shape index (κ1) is 16.2. The molecule has 1 aromatic rings. The molecule has 0 heterocycles. The van der Waals surface area contributed by atoms with Crippen LogP contribution in [0.5, 0.6) is 0 Å². The van der Waals surface area contributed by atoms with Crippen molar-refractivity contribution in [3.63, 3.8) is 0 Å². The van der Waals surface area contributed by atoms with Gasteiger partial charge in [0.1, 0.15) is 4.90 Å². The van der Waals surface area contributed by atoms with Crippen molar-refractivity contribution < 1.29 is 13.5 Å². The predicted octanol–water partition coefficient (Wildman–Crippen LogP) is 1.71. The number of halogens is 1. The summed E-state index contributed by atoms with van der Waals surface area (Å²) in [5.74, 6) is 0. The smallest absolute Gasteiger partial charge is 0.244 e. The van der Waals surface area contributed by atoms with Crippen LogP contribution in [0.15, 0.2) is 23.1 Å². The summed E-state index contributed by atoms with van der Waals surface area (Å²) in [6.45, 7) is 2.14. The van der Waals surface area contributed by atoms with E-state index >= 15 is 0 Å². The molecule has 1 rings (SSSR count). The second kappa shape index (κ2) is 7.09. The lowest BCUT2D eigenvalue weighted by Gasteiger charge is -2.21. The lowest BCUT2D eigenvalue weighted by Crippen LogP contribution is -2.34. The first-order valence-corrected chi connectivity index (χ1v) is 7.91. The van der Waals surface area contributed by atoms with Crippen molar-refractivity contribution >= 4 is 27.3 Å². The predicted molar refractivity (Wildman–Crippen MR) is 76.6 cm³/mol. The van der Waals surface area contributed by atoms with Gasteiger partial charge in [0.15, 0.2) is 0 Å². The van der Waals surface area contributed by atoms with E-state index in [4.69, 9.17) is 22.4 Å². The minimum atomic E-state index is -3.73. The molecule has 0 fully saturated rings. The van der Waals surface area contributed by atoms with Gasteiger partial charge in [-0.2, -0.15) is 4.31 Å². The molecule has 0 aliphatic carbocycles. The highest BCUT2D eigenvalue weighted by molar-refractivity contribution is 7.89. The highest BCUT2D eigenvalue weighted by Gasteiger charge is 2.26. The van der Waals surface area contributed by atoms with Gasteiger partial charge in [-0.1, -0.05) is 24.9 Å². The first-order valence-electron chi connectivity index (χ1n) is 6.09. The summed E-state index contributed by atoms with van der Waals surface area (Å²) in [6.07, 6.45) is 1.58. The van der Waals surface area contributed by atoms with E-state index < -0.39 is 10.0 Å². The van der Waals surface area contributed by atoms with Crippen LogP contribution < -0.4 is 5.73 Å². The molecule has 0 saturated heterocycles. The Bertz CT molecular complexity index is 520. The minimum Gasteiger partial charge on any atom is -0.399 e. The van der Waals surface area contributed by atoms with Crippen LogP contribution in [0, 0.1) is 0 Å². The third-order valence-electron chi connectivity index (χ3n) is 2.68. The number of nitrogens with two attached hydrogens (primary N) is 1. The molecule has 0 aliphatic rings. The molecule has 0 aromatic heterocycles. The van der Waals surface area contributed by atoms with Gasteiger partial charge in [0.05, 0.1) is 11.6 Å². The van der Waals surface area contributed by atoms with Gasteiger partial charge in [0.2, 0.25) is 10.0 Å². The number of aliphatic hydroxyl groups is 1. The highest BCUT2D eigenvalue weighted by Crippen LogP contribution is 2.26. The van der Waals surface area contributed by atoms with Gasteiger partial charge in [-0.15, -0.1) is 0 Å². The summed E-state index contributed by atoms with van der Waals surface area (Å²) in [6, 6.07) is 4.35. The summed E-state index contributed by atoms with van der Waals surface area (Å²) in [5.41, 5.74) is 5.94. The first-order chi connectivity index (χ1) is 8.93.